The number of aromatic nitrogens is 1. The van der Waals surface area contributed by atoms with E-state index in [2.05, 4.69) is 4.98 Å². The third kappa shape index (κ3) is 3.22. The highest BCUT2D eigenvalue weighted by Gasteiger charge is 2.37. The maximum atomic E-state index is 13.8. The SMILES string of the molecule is O=[N+]([O-])c1ccc[nH+]c1N1CCN(S(=O)(=O)c2c(F)cccc2F)CC1. The molecule has 0 spiro atoms. The quantitative estimate of drug-likeness (QED) is 0.582. The molecule has 138 valence electrons. The molecular formula is C15H15F2N4O4S+. The van der Waals surface area contributed by atoms with Gasteiger partial charge in [0.05, 0.1) is 37.3 Å². The molecule has 1 aliphatic rings. The molecule has 1 aliphatic heterocycles. The first-order valence-corrected chi connectivity index (χ1v) is 9.10. The number of piperazine rings is 1. The minimum Gasteiger partial charge on any atom is -0.258 e. The third-order valence-electron chi connectivity index (χ3n) is 4.08. The van der Waals surface area contributed by atoms with Crippen molar-refractivity contribution in [3.05, 3.63) is 58.3 Å². The van der Waals surface area contributed by atoms with Crippen LogP contribution in [0, 0.1) is 21.7 Å². The van der Waals surface area contributed by atoms with E-state index in [1.54, 1.807) is 4.90 Å². The van der Waals surface area contributed by atoms with Gasteiger partial charge in [0.1, 0.15) is 11.6 Å². The average molecular weight is 385 g/mol. The summed E-state index contributed by atoms with van der Waals surface area (Å²) < 4.78 is 53.8. The molecular weight excluding hydrogens is 370 g/mol. The van der Waals surface area contributed by atoms with E-state index in [1.807, 2.05) is 0 Å². The van der Waals surface area contributed by atoms with E-state index < -0.39 is 31.5 Å². The summed E-state index contributed by atoms with van der Waals surface area (Å²) in [5.74, 6) is -2.05. The molecule has 0 bridgehead atoms. The van der Waals surface area contributed by atoms with Crippen molar-refractivity contribution in [1.29, 1.82) is 0 Å². The van der Waals surface area contributed by atoms with Crippen LogP contribution in [-0.2, 0) is 10.0 Å². The molecule has 2 heterocycles. The summed E-state index contributed by atoms with van der Waals surface area (Å²) >= 11 is 0. The van der Waals surface area contributed by atoms with Crippen molar-refractivity contribution in [1.82, 2.24) is 4.31 Å². The average Bonchev–Trinajstić information content (AvgIpc) is 2.61. The van der Waals surface area contributed by atoms with Crippen LogP contribution < -0.4 is 9.88 Å². The Balaban J connectivity index is 1.82. The summed E-state index contributed by atoms with van der Waals surface area (Å²) in [7, 11) is -4.34. The first-order valence-electron chi connectivity index (χ1n) is 7.66. The molecule has 0 atom stereocenters. The molecule has 0 amide bonds. The Hall–Kier alpha value is -2.66. The van der Waals surface area contributed by atoms with Gasteiger partial charge >= 0.3 is 11.5 Å². The molecule has 2 aromatic rings. The Morgan fingerprint density at radius 2 is 1.65 bits per heavy atom. The summed E-state index contributed by atoms with van der Waals surface area (Å²) in [6.07, 6.45) is 1.53. The van der Waals surface area contributed by atoms with E-state index >= 15 is 0 Å². The van der Waals surface area contributed by atoms with Crippen molar-refractivity contribution >= 4 is 21.5 Å². The molecule has 1 fully saturated rings. The number of sulfonamides is 1. The van der Waals surface area contributed by atoms with Crippen LogP contribution in [-0.4, -0.2) is 43.8 Å². The van der Waals surface area contributed by atoms with Gasteiger partial charge in [-0.1, -0.05) is 6.07 Å². The summed E-state index contributed by atoms with van der Waals surface area (Å²) in [5, 5.41) is 11.1. The first kappa shape index (κ1) is 18.1. The number of rotatable bonds is 4. The maximum Gasteiger partial charge on any atom is 0.357 e. The summed E-state index contributed by atoms with van der Waals surface area (Å²) in [6, 6.07) is 5.68. The number of hydrogen-bond donors (Lipinski definition) is 0. The lowest BCUT2D eigenvalue weighted by atomic mass is 10.3. The van der Waals surface area contributed by atoms with Crippen LogP contribution >= 0.6 is 0 Å². The zero-order valence-corrected chi connectivity index (χ0v) is 14.2. The van der Waals surface area contributed by atoms with Crippen LogP contribution in [0.15, 0.2) is 41.4 Å². The fourth-order valence-electron chi connectivity index (χ4n) is 2.83. The minimum absolute atomic E-state index is 0.0595. The van der Waals surface area contributed by atoms with Crippen LogP contribution in [0.1, 0.15) is 0 Å². The zero-order chi connectivity index (χ0) is 18.9. The fourth-order valence-corrected chi connectivity index (χ4v) is 4.36. The molecule has 0 radical (unpaired) electrons. The van der Waals surface area contributed by atoms with Gasteiger partial charge < -0.3 is 0 Å². The van der Waals surface area contributed by atoms with E-state index in [0.717, 1.165) is 22.5 Å². The smallest absolute Gasteiger partial charge is 0.258 e. The molecule has 1 aromatic carbocycles. The van der Waals surface area contributed by atoms with Crippen LogP contribution in [0.5, 0.6) is 0 Å². The molecule has 0 saturated carbocycles. The van der Waals surface area contributed by atoms with Gasteiger partial charge in [-0.2, -0.15) is 4.31 Å². The van der Waals surface area contributed by atoms with Gasteiger partial charge in [-0.05, 0) is 18.2 Å². The highest BCUT2D eigenvalue weighted by Crippen LogP contribution is 2.26. The van der Waals surface area contributed by atoms with Crippen LogP contribution in [0.25, 0.3) is 0 Å². The molecule has 0 aliphatic carbocycles. The van der Waals surface area contributed by atoms with Crippen molar-refractivity contribution in [2.45, 2.75) is 4.90 Å². The Kier molecular flexibility index (Phi) is 4.83. The number of pyridine rings is 1. The van der Waals surface area contributed by atoms with Crippen molar-refractivity contribution in [2.75, 3.05) is 31.1 Å². The Labute approximate surface area is 147 Å². The van der Waals surface area contributed by atoms with E-state index in [9.17, 15) is 27.3 Å². The molecule has 26 heavy (non-hydrogen) atoms. The Bertz CT molecular complexity index is 926. The van der Waals surface area contributed by atoms with Crippen molar-refractivity contribution in [3.8, 4) is 0 Å². The fraction of sp³-hybridized carbons (Fsp3) is 0.267. The third-order valence-corrected chi connectivity index (χ3v) is 6.03. The summed E-state index contributed by atoms with van der Waals surface area (Å²) in [6.45, 7) is 0.152. The van der Waals surface area contributed by atoms with E-state index in [-0.39, 0.29) is 37.7 Å². The monoisotopic (exact) mass is 385 g/mol. The molecule has 1 aromatic heterocycles. The van der Waals surface area contributed by atoms with E-state index in [4.69, 9.17) is 0 Å². The lowest BCUT2D eigenvalue weighted by molar-refractivity contribution is -0.411. The van der Waals surface area contributed by atoms with Crippen molar-refractivity contribution < 1.29 is 27.1 Å². The number of halogens is 2. The highest BCUT2D eigenvalue weighted by atomic mass is 32.2. The summed E-state index contributed by atoms with van der Waals surface area (Å²) in [5.41, 5.74) is -0.135. The second-order valence-electron chi connectivity index (χ2n) is 5.60. The van der Waals surface area contributed by atoms with Crippen LogP contribution in [0.3, 0.4) is 0 Å². The van der Waals surface area contributed by atoms with Crippen LogP contribution in [0.4, 0.5) is 20.3 Å². The van der Waals surface area contributed by atoms with Gasteiger partial charge in [-0.15, -0.1) is 0 Å². The topological polar surface area (TPSA) is 97.9 Å². The van der Waals surface area contributed by atoms with Gasteiger partial charge in [0.15, 0.2) is 4.90 Å². The number of hydrogen-bond acceptors (Lipinski definition) is 5. The maximum absolute atomic E-state index is 13.8. The van der Waals surface area contributed by atoms with Gasteiger partial charge in [0, 0.05) is 6.07 Å². The highest BCUT2D eigenvalue weighted by molar-refractivity contribution is 7.89. The van der Waals surface area contributed by atoms with E-state index in [0.29, 0.717) is 0 Å². The number of nitro groups is 1. The molecule has 1 N–H and O–H groups in total. The number of aromatic amines is 1. The Morgan fingerprint density at radius 3 is 2.23 bits per heavy atom. The van der Waals surface area contributed by atoms with Crippen LogP contribution in [0.2, 0.25) is 0 Å². The second kappa shape index (κ2) is 6.92. The molecule has 1 saturated heterocycles. The van der Waals surface area contributed by atoms with Crippen molar-refractivity contribution in [3.63, 3.8) is 0 Å². The molecule has 8 nitrogen and oxygen atoms in total. The largest absolute Gasteiger partial charge is 0.357 e. The van der Waals surface area contributed by atoms with Gasteiger partial charge in [-0.3, -0.25) is 15.0 Å². The standard InChI is InChI=1S/C15H14F2N4O4S/c16-11-3-1-4-12(17)14(11)26(24,25)20-9-7-19(8-10-20)15-13(21(22)23)5-2-6-18-15/h1-6H,7-10H2/p+1. The molecule has 11 heteroatoms. The number of nitrogens with one attached hydrogen (secondary N) is 1. The molecule has 3 rings (SSSR count). The predicted molar refractivity (Wildman–Crippen MR) is 87.0 cm³/mol. The van der Waals surface area contributed by atoms with Crippen molar-refractivity contribution in [2.24, 2.45) is 0 Å². The number of H-pyrrole nitrogens is 1. The normalized spacial score (nSPS) is 15.8. The van der Waals surface area contributed by atoms with Gasteiger partial charge in [-0.25, -0.2) is 22.2 Å². The zero-order valence-electron chi connectivity index (χ0n) is 13.4. The first-order chi connectivity index (χ1) is 12.3. The lowest BCUT2D eigenvalue weighted by Crippen LogP contribution is -2.50. The van der Waals surface area contributed by atoms with E-state index in [1.165, 1.54) is 18.3 Å². The minimum atomic E-state index is -4.34. The predicted octanol–water partition coefficient (Wildman–Crippen LogP) is 1.20. The number of anilines is 1. The Morgan fingerprint density at radius 1 is 1.04 bits per heavy atom. The second-order valence-corrected chi connectivity index (χ2v) is 7.48. The lowest BCUT2D eigenvalue weighted by Gasteiger charge is -2.30. The van der Waals surface area contributed by atoms with Gasteiger partial charge in [0.25, 0.3) is 0 Å². The summed E-state index contributed by atoms with van der Waals surface area (Å²) in [4.78, 5) is 14.0. The van der Waals surface area contributed by atoms with Gasteiger partial charge in [0.2, 0.25) is 10.0 Å². The number of benzene rings is 1. The number of nitrogens with zero attached hydrogens (tertiary/aromatic N) is 3. The molecule has 0 unspecified atom stereocenters.